The molecule has 0 saturated carbocycles. The van der Waals surface area contributed by atoms with Crippen molar-refractivity contribution in [2.45, 2.75) is 25.8 Å². The lowest BCUT2D eigenvalue weighted by Crippen LogP contribution is -2.23. The summed E-state index contributed by atoms with van der Waals surface area (Å²) in [6.45, 7) is 3.25. The topological polar surface area (TPSA) is 24.9 Å². The summed E-state index contributed by atoms with van der Waals surface area (Å²) in [5.41, 5.74) is 1.32. The number of hydrogen-bond acceptors (Lipinski definition) is 3. The molecule has 2 nitrogen and oxygen atoms in total. The van der Waals surface area contributed by atoms with Gasteiger partial charge in [-0.2, -0.15) is 0 Å². The first kappa shape index (κ1) is 12.3. The van der Waals surface area contributed by atoms with Gasteiger partial charge in [-0.05, 0) is 42.1 Å². The predicted molar refractivity (Wildman–Crippen MR) is 73.3 cm³/mol. The van der Waals surface area contributed by atoms with Crippen LogP contribution in [0.5, 0.6) is 0 Å². The molecule has 2 rings (SSSR count). The fourth-order valence-electron chi connectivity index (χ4n) is 1.85. The van der Waals surface area contributed by atoms with Gasteiger partial charge < -0.3 is 5.32 Å². The summed E-state index contributed by atoms with van der Waals surface area (Å²) >= 11 is 1.82. The number of nitrogens with one attached hydrogen (secondary N) is 1. The molecule has 2 aromatic heterocycles. The van der Waals surface area contributed by atoms with Crippen LogP contribution in [0.1, 0.15) is 29.8 Å². The Morgan fingerprint density at radius 1 is 1.29 bits per heavy atom. The highest BCUT2D eigenvalue weighted by Crippen LogP contribution is 2.20. The minimum Gasteiger partial charge on any atom is -0.310 e. The van der Waals surface area contributed by atoms with Gasteiger partial charge in [-0.3, -0.25) is 4.98 Å². The second kappa shape index (κ2) is 6.52. The lowest BCUT2D eigenvalue weighted by atomic mass is 10.0. The van der Waals surface area contributed by atoms with Gasteiger partial charge in [0.2, 0.25) is 0 Å². The predicted octanol–water partition coefficient (Wildman–Crippen LogP) is 3.43. The van der Waals surface area contributed by atoms with Crippen LogP contribution in [0.2, 0.25) is 0 Å². The highest BCUT2D eigenvalue weighted by Gasteiger charge is 2.11. The second-order valence-corrected chi connectivity index (χ2v) is 5.10. The number of rotatable bonds is 6. The average molecular weight is 246 g/mol. The summed E-state index contributed by atoms with van der Waals surface area (Å²) < 4.78 is 0. The molecular weight excluding hydrogens is 228 g/mol. The highest BCUT2D eigenvalue weighted by atomic mass is 32.1. The highest BCUT2D eigenvalue weighted by molar-refractivity contribution is 7.09. The van der Waals surface area contributed by atoms with Crippen LogP contribution in [0, 0.1) is 0 Å². The van der Waals surface area contributed by atoms with Gasteiger partial charge in [-0.1, -0.05) is 13.0 Å². The molecule has 1 unspecified atom stereocenters. The maximum Gasteiger partial charge on any atom is 0.0369 e. The van der Waals surface area contributed by atoms with Crippen molar-refractivity contribution < 1.29 is 0 Å². The van der Waals surface area contributed by atoms with Crippen molar-refractivity contribution in [3.8, 4) is 0 Å². The lowest BCUT2D eigenvalue weighted by molar-refractivity contribution is 0.532. The van der Waals surface area contributed by atoms with Crippen LogP contribution >= 0.6 is 11.3 Å². The van der Waals surface area contributed by atoms with E-state index in [1.54, 1.807) is 0 Å². The fraction of sp³-hybridized carbons (Fsp3) is 0.357. The third kappa shape index (κ3) is 3.65. The monoisotopic (exact) mass is 246 g/mol. The summed E-state index contributed by atoms with van der Waals surface area (Å²) in [6.07, 6.45) is 5.95. The van der Waals surface area contributed by atoms with Gasteiger partial charge in [0.05, 0.1) is 0 Å². The third-order valence-corrected chi connectivity index (χ3v) is 3.63. The first-order chi connectivity index (χ1) is 8.40. The van der Waals surface area contributed by atoms with Crippen LogP contribution in [-0.4, -0.2) is 11.5 Å². The molecule has 0 aromatic carbocycles. The molecule has 0 fully saturated rings. The van der Waals surface area contributed by atoms with Crippen molar-refractivity contribution in [1.82, 2.24) is 10.3 Å². The standard InChI is InChI=1S/C14H18N2S/c1-2-7-16-14(11-13-4-3-10-17-13)12-5-8-15-9-6-12/h3-6,8-10,14,16H,2,7,11H2,1H3. The molecule has 1 N–H and O–H groups in total. The third-order valence-electron chi connectivity index (χ3n) is 2.73. The SMILES string of the molecule is CCCNC(Cc1cccs1)c1ccncc1. The zero-order valence-electron chi connectivity index (χ0n) is 10.1. The quantitative estimate of drug-likeness (QED) is 0.844. The number of pyridine rings is 1. The molecule has 0 aliphatic rings. The van der Waals surface area contributed by atoms with Gasteiger partial charge in [0.15, 0.2) is 0 Å². The smallest absolute Gasteiger partial charge is 0.0369 e. The minimum atomic E-state index is 0.400. The van der Waals surface area contributed by atoms with E-state index in [1.807, 2.05) is 23.7 Å². The van der Waals surface area contributed by atoms with Gasteiger partial charge >= 0.3 is 0 Å². The van der Waals surface area contributed by atoms with Crippen LogP contribution in [0.4, 0.5) is 0 Å². The van der Waals surface area contributed by atoms with Crippen LogP contribution in [0.3, 0.4) is 0 Å². The molecule has 0 amide bonds. The Morgan fingerprint density at radius 3 is 2.76 bits per heavy atom. The number of aromatic nitrogens is 1. The lowest BCUT2D eigenvalue weighted by Gasteiger charge is -2.18. The normalized spacial score (nSPS) is 12.5. The molecule has 90 valence electrons. The van der Waals surface area contributed by atoms with E-state index in [-0.39, 0.29) is 0 Å². The van der Waals surface area contributed by atoms with E-state index in [2.05, 4.69) is 46.9 Å². The molecule has 2 aromatic rings. The molecule has 1 atom stereocenters. The zero-order valence-corrected chi connectivity index (χ0v) is 10.9. The van der Waals surface area contributed by atoms with Crippen molar-refractivity contribution in [2.24, 2.45) is 0 Å². The van der Waals surface area contributed by atoms with E-state index in [0.717, 1.165) is 19.4 Å². The first-order valence-electron chi connectivity index (χ1n) is 6.06. The van der Waals surface area contributed by atoms with E-state index in [0.29, 0.717) is 6.04 Å². The average Bonchev–Trinajstić information content (AvgIpc) is 2.88. The summed E-state index contributed by atoms with van der Waals surface area (Å²) in [7, 11) is 0. The zero-order chi connectivity index (χ0) is 11.9. The van der Waals surface area contributed by atoms with Gasteiger partial charge in [-0.15, -0.1) is 11.3 Å². The molecule has 0 aliphatic heterocycles. The summed E-state index contributed by atoms with van der Waals surface area (Å²) in [5, 5.41) is 5.74. The summed E-state index contributed by atoms with van der Waals surface area (Å²) in [4.78, 5) is 5.51. The fourth-order valence-corrected chi connectivity index (χ4v) is 2.60. The van der Waals surface area contributed by atoms with Crippen molar-refractivity contribution in [1.29, 1.82) is 0 Å². The van der Waals surface area contributed by atoms with E-state index >= 15 is 0 Å². The molecule has 17 heavy (non-hydrogen) atoms. The number of thiophene rings is 1. The Kier molecular flexibility index (Phi) is 4.71. The van der Waals surface area contributed by atoms with E-state index in [9.17, 15) is 0 Å². The van der Waals surface area contributed by atoms with Gasteiger partial charge in [0.25, 0.3) is 0 Å². The van der Waals surface area contributed by atoms with Crippen LogP contribution < -0.4 is 5.32 Å². The largest absolute Gasteiger partial charge is 0.310 e. The Balaban J connectivity index is 2.08. The minimum absolute atomic E-state index is 0.400. The molecular formula is C14H18N2S. The number of nitrogens with zero attached hydrogens (tertiary/aromatic N) is 1. The van der Waals surface area contributed by atoms with Crippen molar-refractivity contribution in [2.75, 3.05) is 6.54 Å². The maximum absolute atomic E-state index is 4.08. The molecule has 0 saturated heterocycles. The molecule has 3 heteroatoms. The summed E-state index contributed by atoms with van der Waals surface area (Å²) in [6, 6.07) is 8.91. The van der Waals surface area contributed by atoms with Crippen LogP contribution in [0.25, 0.3) is 0 Å². The second-order valence-electron chi connectivity index (χ2n) is 4.07. The summed E-state index contributed by atoms with van der Waals surface area (Å²) in [5.74, 6) is 0. The molecule has 0 spiro atoms. The Hall–Kier alpha value is -1.19. The molecule has 0 aliphatic carbocycles. The first-order valence-corrected chi connectivity index (χ1v) is 6.94. The maximum atomic E-state index is 4.08. The van der Waals surface area contributed by atoms with E-state index < -0.39 is 0 Å². The van der Waals surface area contributed by atoms with E-state index in [4.69, 9.17) is 0 Å². The van der Waals surface area contributed by atoms with Crippen molar-refractivity contribution >= 4 is 11.3 Å². The molecule has 0 radical (unpaired) electrons. The van der Waals surface area contributed by atoms with Gasteiger partial charge in [0.1, 0.15) is 0 Å². The molecule has 0 bridgehead atoms. The van der Waals surface area contributed by atoms with Gasteiger partial charge in [-0.25, -0.2) is 0 Å². The van der Waals surface area contributed by atoms with Crippen LogP contribution in [-0.2, 0) is 6.42 Å². The number of hydrogen-bond donors (Lipinski definition) is 1. The van der Waals surface area contributed by atoms with Gasteiger partial charge in [0, 0.05) is 29.7 Å². The Morgan fingerprint density at radius 2 is 2.12 bits per heavy atom. The Labute approximate surface area is 107 Å². The Bertz CT molecular complexity index is 411. The van der Waals surface area contributed by atoms with E-state index in [1.165, 1.54) is 10.4 Å². The molecule has 2 heterocycles. The van der Waals surface area contributed by atoms with Crippen LogP contribution in [0.15, 0.2) is 42.0 Å². The van der Waals surface area contributed by atoms with Crippen molar-refractivity contribution in [3.63, 3.8) is 0 Å². The van der Waals surface area contributed by atoms with Crippen molar-refractivity contribution in [3.05, 3.63) is 52.5 Å².